The minimum absolute atomic E-state index is 0.0160. The van der Waals surface area contributed by atoms with Crippen LogP contribution in [-0.4, -0.2) is 23.5 Å². The second kappa shape index (κ2) is 8.42. The summed E-state index contributed by atoms with van der Waals surface area (Å²) in [6.07, 6.45) is 1.32. The number of carboxylic acids is 1. The fourth-order valence-corrected chi connectivity index (χ4v) is 2.28. The van der Waals surface area contributed by atoms with Gasteiger partial charge in [-0.05, 0) is 42.5 Å². The Morgan fingerprint density at radius 3 is 2.33 bits per heavy atom. The van der Waals surface area contributed by atoms with Crippen LogP contribution in [0.1, 0.15) is 32.3 Å². The maximum absolute atomic E-state index is 12.0. The summed E-state index contributed by atoms with van der Waals surface area (Å²) in [6, 6.07) is 6.85. The maximum atomic E-state index is 12.0. The van der Waals surface area contributed by atoms with Gasteiger partial charge in [-0.1, -0.05) is 26.0 Å². The van der Waals surface area contributed by atoms with E-state index in [9.17, 15) is 9.59 Å². The molecule has 0 bridgehead atoms. The van der Waals surface area contributed by atoms with Gasteiger partial charge in [0.25, 0.3) is 0 Å². The smallest absolute Gasteiger partial charge is 0.307 e. The molecule has 1 aromatic rings. The van der Waals surface area contributed by atoms with Crippen LogP contribution in [0.3, 0.4) is 0 Å². The predicted molar refractivity (Wildman–Crippen MR) is 83.0 cm³/mol. The topological polar surface area (TPSA) is 92.4 Å². The number of hydrogen-bond acceptors (Lipinski definition) is 3. The van der Waals surface area contributed by atoms with Crippen molar-refractivity contribution in [1.29, 1.82) is 0 Å². The van der Waals surface area contributed by atoms with Crippen LogP contribution in [-0.2, 0) is 16.0 Å². The van der Waals surface area contributed by atoms with Crippen LogP contribution < -0.4 is 11.1 Å². The number of benzene rings is 1. The van der Waals surface area contributed by atoms with Gasteiger partial charge in [0, 0.05) is 12.1 Å². The Kier molecular flexibility index (Phi) is 6.88. The van der Waals surface area contributed by atoms with Crippen molar-refractivity contribution in [3.8, 4) is 0 Å². The number of anilines is 1. The molecule has 116 valence electrons. The molecule has 0 saturated carbocycles. The van der Waals surface area contributed by atoms with Gasteiger partial charge in [0.2, 0.25) is 5.91 Å². The fourth-order valence-electron chi connectivity index (χ4n) is 2.28. The quantitative estimate of drug-likeness (QED) is 0.685. The number of rotatable bonds is 8. The fraction of sp³-hybridized carbons (Fsp3) is 0.500. The van der Waals surface area contributed by atoms with Gasteiger partial charge in [-0.2, -0.15) is 0 Å². The van der Waals surface area contributed by atoms with Crippen LogP contribution in [0.15, 0.2) is 24.3 Å². The molecule has 5 heteroatoms. The van der Waals surface area contributed by atoms with E-state index >= 15 is 0 Å². The molecule has 0 spiro atoms. The number of carboxylic acid groups (broad SMARTS) is 1. The average molecular weight is 292 g/mol. The van der Waals surface area contributed by atoms with Crippen molar-refractivity contribution in [2.75, 3.05) is 11.9 Å². The first-order chi connectivity index (χ1) is 9.90. The molecule has 1 amide bonds. The van der Waals surface area contributed by atoms with E-state index in [0.29, 0.717) is 30.1 Å². The lowest BCUT2D eigenvalue weighted by molar-refractivity contribution is -0.136. The molecule has 5 nitrogen and oxygen atoms in total. The van der Waals surface area contributed by atoms with Crippen LogP contribution in [0.5, 0.6) is 0 Å². The Bertz CT molecular complexity index is 469. The normalized spacial score (nSPS) is 12.2. The molecular formula is C16H24N2O3. The first-order valence-corrected chi connectivity index (χ1v) is 7.21. The second-order valence-corrected chi connectivity index (χ2v) is 5.75. The summed E-state index contributed by atoms with van der Waals surface area (Å²) in [5.74, 6) is -0.221. The Labute approximate surface area is 125 Å². The summed E-state index contributed by atoms with van der Waals surface area (Å²) in [5.41, 5.74) is 7.08. The Morgan fingerprint density at radius 2 is 1.86 bits per heavy atom. The zero-order valence-electron chi connectivity index (χ0n) is 12.6. The highest BCUT2D eigenvalue weighted by Crippen LogP contribution is 2.16. The Balaban J connectivity index is 2.52. The summed E-state index contributed by atoms with van der Waals surface area (Å²) in [7, 11) is 0. The van der Waals surface area contributed by atoms with Crippen molar-refractivity contribution in [3.05, 3.63) is 29.8 Å². The van der Waals surface area contributed by atoms with Gasteiger partial charge in [-0.25, -0.2) is 0 Å². The molecule has 0 heterocycles. The summed E-state index contributed by atoms with van der Waals surface area (Å²) < 4.78 is 0. The van der Waals surface area contributed by atoms with E-state index in [1.165, 1.54) is 0 Å². The van der Waals surface area contributed by atoms with Crippen LogP contribution in [0.25, 0.3) is 0 Å². The number of amides is 1. The van der Waals surface area contributed by atoms with Crippen molar-refractivity contribution < 1.29 is 14.7 Å². The first kappa shape index (κ1) is 17.2. The summed E-state index contributed by atoms with van der Waals surface area (Å²) in [5, 5.41) is 11.5. The molecule has 1 aromatic carbocycles. The average Bonchev–Trinajstić information content (AvgIpc) is 2.39. The molecule has 0 aliphatic rings. The molecule has 4 N–H and O–H groups in total. The van der Waals surface area contributed by atoms with Crippen LogP contribution in [0.2, 0.25) is 0 Å². The maximum Gasteiger partial charge on any atom is 0.307 e. The van der Waals surface area contributed by atoms with Gasteiger partial charge in [0.1, 0.15) is 0 Å². The lowest BCUT2D eigenvalue weighted by Gasteiger charge is -2.16. The van der Waals surface area contributed by atoms with E-state index in [2.05, 4.69) is 19.2 Å². The highest BCUT2D eigenvalue weighted by atomic mass is 16.4. The highest BCUT2D eigenvalue weighted by molar-refractivity contribution is 5.90. The lowest BCUT2D eigenvalue weighted by Crippen LogP contribution is -2.23. The molecular weight excluding hydrogens is 268 g/mol. The summed E-state index contributed by atoms with van der Waals surface area (Å²) >= 11 is 0. The van der Waals surface area contributed by atoms with Crippen LogP contribution >= 0.6 is 0 Å². The van der Waals surface area contributed by atoms with E-state index in [1.54, 1.807) is 24.3 Å². The first-order valence-electron chi connectivity index (χ1n) is 7.21. The predicted octanol–water partition coefficient (Wildman–Crippen LogP) is 2.26. The van der Waals surface area contributed by atoms with E-state index in [-0.39, 0.29) is 18.2 Å². The van der Waals surface area contributed by atoms with E-state index < -0.39 is 5.97 Å². The van der Waals surface area contributed by atoms with Crippen LogP contribution in [0.4, 0.5) is 5.69 Å². The third-order valence-electron chi connectivity index (χ3n) is 3.21. The van der Waals surface area contributed by atoms with Gasteiger partial charge >= 0.3 is 5.97 Å². The van der Waals surface area contributed by atoms with Gasteiger partial charge in [-0.15, -0.1) is 0 Å². The molecule has 21 heavy (non-hydrogen) atoms. The largest absolute Gasteiger partial charge is 0.481 e. The van der Waals surface area contributed by atoms with E-state index in [0.717, 1.165) is 6.42 Å². The number of nitrogens with one attached hydrogen (secondary N) is 1. The van der Waals surface area contributed by atoms with Crippen molar-refractivity contribution in [1.82, 2.24) is 0 Å². The highest BCUT2D eigenvalue weighted by Gasteiger charge is 2.14. The van der Waals surface area contributed by atoms with Crippen molar-refractivity contribution >= 4 is 17.6 Å². The summed E-state index contributed by atoms with van der Waals surface area (Å²) in [6.45, 7) is 4.73. The molecule has 0 fully saturated rings. The third kappa shape index (κ3) is 6.90. The molecule has 0 saturated heterocycles. The SMILES string of the molecule is CC(C)CC(CN)CC(=O)Nc1ccc(CC(=O)O)cc1. The minimum atomic E-state index is -0.869. The third-order valence-corrected chi connectivity index (χ3v) is 3.21. The molecule has 1 rings (SSSR count). The van der Waals surface area contributed by atoms with Gasteiger partial charge < -0.3 is 16.2 Å². The number of carbonyl (C=O) groups is 2. The van der Waals surface area contributed by atoms with Crippen LogP contribution in [0, 0.1) is 11.8 Å². The van der Waals surface area contributed by atoms with E-state index in [1.807, 2.05) is 0 Å². The van der Waals surface area contributed by atoms with Crippen molar-refractivity contribution in [2.24, 2.45) is 17.6 Å². The van der Waals surface area contributed by atoms with Crippen molar-refractivity contribution in [2.45, 2.75) is 33.1 Å². The standard InChI is InChI=1S/C16H24N2O3/c1-11(2)7-13(10-17)8-15(19)18-14-5-3-12(4-6-14)9-16(20)21/h3-6,11,13H,7-10,17H2,1-2H3,(H,18,19)(H,20,21). The molecule has 0 radical (unpaired) electrons. The summed E-state index contributed by atoms with van der Waals surface area (Å²) in [4.78, 5) is 22.6. The molecule has 0 aliphatic heterocycles. The molecule has 0 aromatic heterocycles. The number of hydrogen-bond donors (Lipinski definition) is 3. The van der Waals surface area contributed by atoms with Gasteiger partial charge in [0.05, 0.1) is 6.42 Å². The number of aliphatic carboxylic acids is 1. The molecule has 0 aliphatic carbocycles. The molecule has 1 unspecified atom stereocenters. The zero-order chi connectivity index (χ0) is 15.8. The molecule has 1 atom stereocenters. The van der Waals surface area contributed by atoms with Gasteiger partial charge in [0.15, 0.2) is 0 Å². The Hall–Kier alpha value is -1.88. The number of carbonyl (C=O) groups excluding carboxylic acids is 1. The van der Waals surface area contributed by atoms with Gasteiger partial charge in [-0.3, -0.25) is 9.59 Å². The lowest BCUT2D eigenvalue weighted by atomic mass is 9.94. The Morgan fingerprint density at radius 1 is 1.24 bits per heavy atom. The monoisotopic (exact) mass is 292 g/mol. The van der Waals surface area contributed by atoms with Crippen molar-refractivity contribution in [3.63, 3.8) is 0 Å². The minimum Gasteiger partial charge on any atom is -0.481 e. The zero-order valence-corrected chi connectivity index (χ0v) is 12.6. The number of nitrogens with two attached hydrogens (primary N) is 1. The second-order valence-electron chi connectivity index (χ2n) is 5.75. The van der Waals surface area contributed by atoms with E-state index in [4.69, 9.17) is 10.8 Å².